The first kappa shape index (κ1) is 35.8. The Balaban J connectivity index is 1.45. The van der Waals surface area contributed by atoms with E-state index in [-0.39, 0.29) is 13.2 Å². The maximum atomic E-state index is 12.4. The molecule has 0 saturated carbocycles. The third-order valence-electron chi connectivity index (χ3n) is 7.67. The lowest BCUT2D eigenvalue weighted by Crippen LogP contribution is -2.56. The zero-order chi connectivity index (χ0) is 34.3. The van der Waals surface area contributed by atoms with Crippen molar-refractivity contribution in [1.82, 2.24) is 0 Å². The van der Waals surface area contributed by atoms with Crippen LogP contribution in [0.5, 0.6) is 0 Å². The smallest absolute Gasteiger partial charge is 0.487 e. The molecule has 1 heterocycles. The number of hydrogen-bond acceptors (Lipinski definition) is 8. The quantitative estimate of drug-likeness (QED) is 0.118. The van der Waals surface area contributed by atoms with Crippen LogP contribution in [0, 0.1) is 0 Å². The van der Waals surface area contributed by atoms with E-state index in [0.717, 1.165) is 22.3 Å². The summed E-state index contributed by atoms with van der Waals surface area (Å²) in [6.07, 6.45) is -1.53. The number of rotatable bonds is 15. The molecule has 5 rings (SSSR count). The third kappa shape index (κ3) is 11.9. The molecular weight excluding hydrogens is 620 g/mol. The topological polar surface area (TPSA) is 81.7 Å². The minimum absolute atomic E-state index is 0.0893. The van der Waals surface area contributed by atoms with Crippen molar-refractivity contribution in [3.63, 3.8) is 0 Å². The van der Waals surface area contributed by atoms with E-state index in [4.69, 9.17) is 33.2 Å². The zero-order valence-corrected chi connectivity index (χ0v) is 28.4. The highest BCUT2D eigenvalue weighted by Gasteiger charge is 2.46. The van der Waals surface area contributed by atoms with Gasteiger partial charge in [-0.1, -0.05) is 121 Å². The van der Waals surface area contributed by atoms with Crippen molar-refractivity contribution in [2.75, 3.05) is 13.2 Å². The molecule has 4 aromatic rings. The summed E-state index contributed by atoms with van der Waals surface area (Å²) in [7, 11) is 0. The van der Waals surface area contributed by atoms with Gasteiger partial charge in [0.2, 0.25) is 0 Å². The summed E-state index contributed by atoms with van der Waals surface area (Å²) >= 11 is 0. The third-order valence-corrected chi connectivity index (χ3v) is 7.67. The van der Waals surface area contributed by atoms with Crippen LogP contribution in [-0.4, -0.2) is 49.4 Å². The number of ether oxygens (including phenoxy) is 7. The van der Waals surface area contributed by atoms with Crippen molar-refractivity contribution in [1.29, 1.82) is 0 Å². The molecule has 0 spiro atoms. The van der Waals surface area contributed by atoms with Crippen LogP contribution in [0.2, 0.25) is 0 Å². The molecule has 0 bridgehead atoms. The number of hydrogen-bond donors (Lipinski definition) is 0. The highest BCUT2D eigenvalue weighted by molar-refractivity contribution is 5.60. The average molecular weight is 667 g/mol. The Bertz CT molecular complexity index is 1560. The van der Waals surface area contributed by atoms with Gasteiger partial charge < -0.3 is 33.2 Å². The van der Waals surface area contributed by atoms with Crippen LogP contribution in [0.25, 0.3) is 0 Å². The second-order valence-corrected chi connectivity index (χ2v) is 12.8. The molecule has 8 nitrogen and oxygen atoms in total. The van der Waals surface area contributed by atoms with Gasteiger partial charge >= 0.3 is 6.16 Å². The van der Waals surface area contributed by atoms with E-state index >= 15 is 0 Å². The summed E-state index contributed by atoms with van der Waals surface area (Å²) < 4.78 is 43.7. The Labute approximate surface area is 289 Å². The SMILES string of the molecule is CC(C)(C)OC(=O)OC/C=C1\O[C@H](COCc2ccccc2)[C@H](OCc2ccccc2)[C@H](OCc2ccccc2)[C@H]1OCc1ccccc1. The van der Waals surface area contributed by atoms with Crippen molar-refractivity contribution < 1.29 is 38.0 Å². The van der Waals surface area contributed by atoms with E-state index in [1.54, 1.807) is 26.8 Å². The molecule has 258 valence electrons. The molecule has 8 heteroatoms. The summed E-state index contributed by atoms with van der Waals surface area (Å²) in [5.74, 6) is 0.463. The van der Waals surface area contributed by atoms with Crippen LogP contribution in [0.4, 0.5) is 4.79 Å². The summed E-state index contributed by atoms with van der Waals surface area (Å²) in [4.78, 5) is 12.4. The molecule has 0 radical (unpaired) electrons. The second kappa shape index (κ2) is 18.3. The van der Waals surface area contributed by atoms with E-state index < -0.39 is 36.2 Å². The number of benzene rings is 4. The Hall–Kier alpha value is -4.47. The standard InChI is InChI=1S/C41H46O8/c1-41(2,3)49-40(42)44-25-24-35-37(45-27-32-18-10-5-11-19-32)39(47-29-34-22-14-7-15-23-34)38(46-28-33-20-12-6-13-21-33)36(48-35)30-43-26-31-16-8-4-9-17-31/h4-24,36-39H,25-30H2,1-3H3/b35-24-/t36-,37+,38+,39-/m1/s1. The Kier molecular flexibility index (Phi) is 13.4. The van der Waals surface area contributed by atoms with Crippen LogP contribution in [-0.2, 0) is 59.6 Å². The summed E-state index contributed by atoms with van der Waals surface area (Å²) in [5, 5.41) is 0. The fraction of sp³-hybridized carbons (Fsp3) is 0.341. The van der Waals surface area contributed by atoms with Crippen LogP contribution in [0.1, 0.15) is 43.0 Å². The Morgan fingerprint density at radius 1 is 0.633 bits per heavy atom. The summed E-state index contributed by atoms with van der Waals surface area (Å²) in [6, 6.07) is 39.8. The zero-order valence-electron chi connectivity index (χ0n) is 28.4. The number of carbonyl (C=O) groups excluding carboxylic acids is 1. The van der Waals surface area contributed by atoms with E-state index in [1.807, 2.05) is 121 Å². The van der Waals surface area contributed by atoms with E-state index in [2.05, 4.69) is 0 Å². The molecule has 0 aromatic heterocycles. The van der Waals surface area contributed by atoms with E-state index in [1.165, 1.54) is 0 Å². The van der Waals surface area contributed by atoms with Gasteiger partial charge in [0.15, 0.2) is 6.10 Å². The van der Waals surface area contributed by atoms with Gasteiger partial charge in [0, 0.05) is 0 Å². The van der Waals surface area contributed by atoms with Gasteiger partial charge in [0.25, 0.3) is 0 Å². The van der Waals surface area contributed by atoms with Gasteiger partial charge in [0.05, 0.1) is 33.0 Å². The maximum absolute atomic E-state index is 12.4. The van der Waals surface area contributed by atoms with Crippen molar-refractivity contribution >= 4 is 6.16 Å². The van der Waals surface area contributed by atoms with Crippen LogP contribution < -0.4 is 0 Å². The van der Waals surface area contributed by atoms with Gasteiger partial charge in [-0.3, -0.25) is 0 Å². The van der Waals surface area contributed by atoms with E-state index in [0.29, 0.717) is 32.2 Å². The Morgan fingerprint density at radius 3 is 1.57 bits per heavy atom. The van der Waals surface area contributed by atoms with Gasteiger partial charge in [-0.05, 0) is 49.1 Å². The fourth-order valence-electron chi connectivity index (χ4n) is 5.34. The molecule has 1 fully saturated rings. The average Bonchev–Trinajstić information content (AvgIpc) is 3.10. The van der Waals surface area contributed by atoms with Crippen LogP contribution >= 0.6 is 0 Å². The van der Waals surface area contributed by atoms with Crippen molar-refractivity contribution in [3.8, 4) is 0 Å². The predicted octanol–water partition coefficient (Wildman–Crippen LogP) is 8.19. The van der Waals surface area contributed by atoms with Crippen molar-refractivity contribution in [3.05, 3.63) is 155 Å². The lowest BCUT2D eigenvalue weighted by atomic mass is 9.96. The fourth-order valence-corrected chi connectivity index (χ4v) is 5.34. The molecule has 1 saturated heterocycles. The molecule has 1 aliphatic rings. The molecule has 0 aliphatic carbocycles. The van der Waals surface area contributed by atoms with E-state index in [9.17, 15) is 4.79 Å². The lowest BCUT2D eigenvalue weighted by Gasteiger charge is -2.43. The minimum atomic E-state index is -0.773. The molecule has 4 atom stereocenters. The molecular formula is C41H46O8. The molecule has 4 aromatic carbocycles. The van der Waals surface area contributed by atoms with Gasteiger partial charge in [0.1, 0.15) is 36.3 Å². The highest BCUT2D eigenvalue weighted by atomic mass is 16.7. The monoisotopic (exact) mass is 666 g/mol. The largest absolute Gasteiger partial charge is 0.509 e. The first-order valence-corrected chi connectivity index (χ1v) is 16.6. The summed E-state index contributed by atoms with van der Waals surface area (Å²) in [6.45, 7) is 6.84. The first-order valence-electron chi connectivity index (χ1n) is 16.6. The van der Waals surface area contributed by atoms with Gasteiger partial charge in [-0.15, -0.1) is 0 Å². The predicted molar refractivity (Wildman–Crippen MR) is 186 cm³/mol. The molecule has 49 heavy (non-hydrogen) atoms. The molecule has 0 N–H and O–H groups in total. The van der Waals surface area contributed by atoms with Gasteiger partial charge in [-0.2, -0.15) is 0 Å². The molecule has 1 aliphatic heterocycles. The maximum Gasteiger partial charge on any atom is 0.509 e. The molecule has 0 unspecified atom stereocenters. The van der Waals surface area contributed by atoms with Crippen molar-refractivity contribution in [2.45, 2.75) is 77.2 Å². The van der Waals surface area contributed by atoms with Crippen LogP contribution in [0.15, 0.2) is 133 Å². The second-order valence-electron chi connectivity index (χ2n) is 12.8. The lowest BCUT2D eigenvalue weighted by molar-refractivity contribution is -0.223. The normalized spacial score (nSPS) is 20.0. The van der Waals surface area contributed by atoms with Crippen LogP contribution in [0.3, 0.4) is 0 Å². The first-order chi connectivity index (χ1) is 23.8. The number of carbonyl (C=O) groups is 1. The highest BCUT2D eigenvalue weighted by Crippen LogP contribution is 2.33. The van der Waals surface area contributed by atoms with Crippen molar-refractivity contribution in [2.24, 2.45) is 0 Å². The Morgan fingerprint density at radius 2 is 1.08 bits per heavy atom. The molecule has 0 amide bonds. The van der Waals surface area contributed by atoms with Gasteiger partial charge in [-0.25, -0.2) is 4.79 Å². The summed E-state index contributed by atoms with van der Waals surface area (Å²) in [5.41, 5.74) is 3.37. The minimum Gasteiger partial charge on any atom is -0.487 e.